The Morgan fingerprint density at radius 2 is 1.81 bits per heavy atom. The van der Waals surface area contributed by atoms with Gasteiger partial charge in [-0.2, -0.15) is 5.10 Å². The first-order valence-electron chi connectivity index (χ1n) is 10.3. The molecule has 1 aromatic heterocycles. The molecule has 2 aromatic carbocycles. The van der Waals surface area contributed by atoms with E-state index >= 15 is 0 Å². The molecule has 1 fully saturated rings. The lowest BCUT2D eigenvalue weighted by molar-refractivity contribution is 0.0117. The molecule has 0 spiro atoms. The van der Waals surface area contributed by atoms with Gasteiger partial charge in [0.05, 0.1) is 24.0 Å². The lowest BCUT2D eigenvalue weighted by Gasteiger charge is -2.24. The number of aliphatic hydroxyl groups excluding tert-OH is 2. The van der Waals surface area contributed by atoms with Gasteiger partial charge in [-0.3, -0.25) is 5.01 Å². The highest BCUT2D eigenvalue weighted by Gasteiger charge is 2.39. The second-order valence-electron chi connectivity index (χ2n) is 7.93. The standard InChI is InChI=1S/C24H23BrN2O4/c1-14-18(11-22(31-14)24-23(29)21(28)13-30-24)19-12-20(15-7-9-16(25)10-8-15)27(26-19)17-5-3-2-4-6-17/h2-11,20-21,23-24,28-29H,12-13H2,1H3/t20?,21-,23-,24+/m1/s1. The van der Waals surface area contributed by atoms with Gasteiger partial charge in [0.1, 0.15) is 29.8 Å². The number of ether oxygens (including phenoxy) is 1. The molecule has 7 heteroatoms. The van der Waals surface area contributed by atoms with Crippen molar-refractivity contribution >= 4 is 27.3 Å². The van der Waals surface area contributed by atoms with Crippen molar-refractivity contribution in [3.05, 3.63) is 87.8 Å². The van der Waals surface area contributed by atoms with Gasteiger partial charge in [0.15, 0.2) is 0 Å². The Labute approximate surface area is 188 Å². The normalized spacial score (nSPS) is 25.8. The molecule has 0 amide bonds. The number of benzene rings is 2. The summed E-state index contributed by atoms with van der Waals surface area (Å²) < 4.78 is 12.5. The maximum absolute atomic E-state index is 10.2. The van der Waals surface area contributed by atoms with Gasteiger partial charge in [-0.25, -0.2) is 0 Å². The molecule has 0 aliphatic carbocycles. The third-order valence-corrected chi connectivity index (χ3v) is 6.39. The fourth-order valence-corrected chi connectivity index (χ4v) is 4.48. The Kier molecular flexibility index (Phi) is 5.44. The van der Waals surface area contributed by atoms with E-state index in [1.165, 1.54) is 5.56 Å². The SMILES string of the molecule is Cc1oc([C@@H]2OC[C@@H](O)[C@H]2O)cc1C1=NN(c2ccccc2)C(c2ccc(Br)cc2)C1. The van der Waals surface area contributed by atoms with Crippen molar-refractivity contribution in [1.82, 2.24) is 0 Å². The molecule has 1 unspecified atom stereocenters. The highest BCUT2D eigenvalue weighted by molar-refractivity contribution is 9.10. The average molecular weight is 483 g/mol. The van der Waals surface area contributed by atoms with Crippen LogP contribution < -0.4 is 5.01 Å². The van der Waals surface area contributed by atoms with Crippen molar-refractivity contribution in [3.63, 3.8) is 0 Å². The van der Waals surface area contributed by atoms with E-state index in [1.54, 1.807) is 0 Å². The Balaban J connectivity index is 1.50. The molecule has 2 N–H and O–H groups in total. The Hall–Kier alpha value is -2.45. The predicted octanol–water partition coefficient (Wildman–Crippen LogP) is 4.50. The predicted molar refractivity (Wildman–Crippen MR) is 121 cm³/mol. The number of hydrogen-bond acceptors (Lipinski definition) is 6. The molecule has 160 valence electrons. The summed E-state index contributed by atoms with van der Waals surface area (Å²) in [5, 5.41) is 27.0. The lowest BCUT2D eigenvalue weighted by atomic mass is 9.98. The maximum atomic E-state index is 10.2. The lowest BCUT2D eigenvalue weighted by Crippen LogP contribution is -2.24. The van der Waals surface area contributed by atoms with Gasteiger partial charge in [0.25, 0.3) is 0 Å². The third-order valence-electron chi connectivity index (χ3n) is 5.86. The highest BCUT2D eigenvalue weighted by Crippen LogP contribution is 2.39. The number of halogens is 1. The van der Waals surface area contributed by atoms with E-state index < -0.39 is 18.3 Å². The van der Waals surface area contributed by atoms with Crippen molar-refractivity contribution in [2.75, 3.05) is 11.6 Å². The molecule has 0 saturated carbocycles. The summed E-state index contributed by atoms with van der Waals surface area (Å²) in [7, 11) is 0. The Morgan fingerprint density at radius 3 is 2.48 bits per heavy atom. The van der Waals surface area contributed by atoms with E-state index in [9.17, 15) is 10.2 Å². The number of para-hydroxylation sites is 1. The van der Waals surface area contributed by atoms with Crippen LogP contribution in [-0.4, -0.2) is 34.7 Å². The first kappa shape index (κ1) is 20.5. The van der Waals surface area contributed by atoms with Gasteiger partial charge in [-0.05, 0) is 42.8 Å². The van der Waals surface area contributed by atoms with Gasteiger partial charge >= 0.3 is 0 Å². The summed E-state index contributed by atoms with van der Waals surface area (Å²) >= 11 is 3.51. The minimum atomic E-state index is -1.000. The van der Waals surface area contributed by atoms with Gasteiger partial charge in [0, 0.05) is 16.5 Å². The van der Waals surface area contributed by atoms with E-state index in [0.29, 0.717) is 12.2 Å². The minimum absolute atomic E-state index is 0.0541. The number of hydrogen-bond donors (Lipinski definition) is 2. The Bertz CT molecular complexity index is 1100. The minimum Gasteiger partial charge on any atom is -0.463 e. The number of aryl methyl sites for hydroxylation is 1. The van der Waals surface area contributed by atoms with Crippen molar-refractivity contribution < 1.29 is 19.4 Å². The van der Waals surface area contributed by atoms with Gasteiger partial charge < -0.3 is 19.4 Å². The van der Waals surface area contributed by atoms with E-state index in [2.05, 4.69) is 45.2 Å². The summed E-state index contributed by atoms with van der Waals surface area (Å²) in [6, 6.07) is 20.4. The van der Waals surface area contributed by atoms with Gasteiger partial charge in [-0.1, -0.05) is 46.3 Å². The van der Waals surface area contributed by atoms with Gasteiger partial charge in [0.2, 0.25) is 0 Å². The molecule has 3 heterocycles. The van der Waals surface area contributed by atoms with Crippen molar-refractivity contribution in [2.24, 2.45) is 5.10 Å². The van der Waals surface area contributed by atoms with Crippen LogP contribution in [0.2, 0.25) is 0 Å². The first-order chi connectivity index (χ1) is 15.0. The molecule has 5 rings (SSSR count). The quantitative estimate of drug-likeness (QED) is 0.572. The molecule has 1 saturated heterocycles. The number of aliphatic hydroxyl groups is 2. The molecule has 31 heavy (non-hydrogen) atoms. The summed E-state index contributed by atoms with van der Waals surface area (Å²) in [6.07, 6.45) is -1.86. The topological polar surface area (TPSA) is 78.4 Å². The molecular formula is C24H23BrN2O4. The third kappa shape index (κ3) is 3.83. The molecule has 2 aliphatic heterocycles. The molecule has 2 aliphatic rings. The Morgan fingerprint density at radius 1 is 1.06 bits per heavy atom. The van der Waals surface area contributed by atoms with Crippen LogP contribution in [-0.2, 0) is 4.74 Å². The maximum Gasteiger partial charge on any atom is 0.144 e. The van der Waals surface area contributed by atoms with Crippen LogP contribution >= 0.6 is 15.9 Å². The molecule has 0 radical (unpaired) electrons. The van der Waals surface area contributed by atoms with E-state index in [4.69, 9.17) is 14.3 Å². The number of furan rings is 1. The largest absolute Gasteiger partial charge is 0.463 e. The first-order valence-corrected chi connectivity index (χ1v) is 11.1. The van der Waals surface area contributed by atoms with E-state index in [1.807, 2.05) is 43.3 Å². The van der Waals surface area contributed by atoms with Crippen LogP contribution in [0, 0.1) is 6.92 Å². The van der Waals surface area contributed by atoms with Crippen molar-refractivity contribution in [1.29, 1.82) is 0 Å². The number of anilines is 1. The van der Waals surface area contributed by atoms with E-state index in [0.717, 1.165) is 27.2 Å². The molecular weight excluding hydrogens is 460 g/mol. The fourth-order valence-electron chi connectivity index (χ4n) is 4.22. The van der Waals surface area contributed by atoms with Crippen LogP contribution in [0.5, 0.6) is 0 Å². The zero-order valence-corrected chi connectivity index (χ0v) is 18.6. The molecule has 3 aromatic rings. The number of hydrazone groups is 1. The zero-order chi connectivity index (χ0) is 21.5. The average Bonchev–Trinajstić information content (AvgIpc) is 3.47. The molecule has 6 nitrogen and oxygen atoms in total. The van der Waals surface area contributed by atoms with Crippen LogP contribution in [0.15, 0.2) is 74.7 Å². The molecule has 0 bridgehead atoms. The van der Waals surface area contributed by atoms with Gasteiger partial charge in [-0.15, -0.1) is 0 Å². The van der Waals surface area contributed by atoms with Crippen LogP contribution in [0.3, 0.4) is 0 Å². The van der Waals surface area contributed by atoms with Crippen LogP contribution in [0.1, 0.15) is 41.2 Å². The summed E-state index contributed by atoms with van der Waals surface area (Å²) in [6.45, 7) is 1.98. The number of rotatable bonds is 4. The number of nitrogens with zero attached hydrogens (tertiary/aromatic N) is 2. The van der Waals surface area contributed by atoms with Crippen molar-refractivity contribution in [2.45, 2.75) is 37.7 Å². The van der Waals surface area contributed by atoms with Crippen LogP contribution in [0.4, 0.5) is 5.69 Å². The monoisotopic (exact) mass is 482 g/mol. The van der Waals surface area contributed by atoms with E-state index in [-0.39, 0.29) is 12.6 Å². The highest BCUT2D eigenvalue weighted by atomic mass is 79.9. The smallest absolute Gasteiger partial charge is 0.144 e. The summed E-state index contributed by atoms with van der Waals surface area (Å²) in [5.41, 5.74) is 4.00. The van der Waals surface area contributed by atoms with Crippen LogP contribution in [0.25, 0.3) is 0 Å². The second-order valence-corrected chi connectivity index (χ2v) is 8.84. The summed E-state index contributed by atoms with van der Waals surface area (Å²) in [4.78, 5) is 0. The zero-order valence-electron chi connectivity index (χ0n) is 17.0. The second kappa shape index (κ2) is 8.24. The fraction of sp³-hybridized carbons (Fsp3) is 0.292. The summed E-state index contributed by atoms with van der Waals surface area (Å²) in [5.74, 6) is 1.23. The molecule has 4 atom stereocenters. The van der Waals surface area contributed by atoms with Crippen molar-refractivity contribution in [3.8, 4) is 0 Å².